The number of fused-ring (bicyclic) bond motifs is 1. The van der Waals surface area contributed by atoms with Gasteiger partial charge < -0.3 is 14.1 Å². The Labute approximate surface area is 91.1 Å². The lowest BCUT2D eigenvalue weighted by molar-refractivity contribution is 0.399. The number of aromatic amines is 1. The lowest BCUT2D eigenvalue weighted by atomic mass is 10.3. The third-order valence-electron chi connectivity index (χ3n) is 2.32. The van der Waals surface area contributed by atoms with Crippen molar-refractivity contribution in [1.82, 2.24) is 15.0 Å². The maximum absolute atomic E-state index is 5.04. The number of hydrogen-bond donors (Lipinski definition) is 1. The van der Waals surface area contributed by atoms with Gasteiger partial charge in [-0.05, 0) is 12.1 Å². The molecule has 3 rings (SSSR count). The molecular weight excluding hydrogens is 206 g/mol. The van der Waals surface area contributed by atoms with Gasteiger partial charge in [-0.15, -0.1) is 0 Å². The monoisotopic (exact) mass is 215 g/mol. The van der Waals surface area contributed by atoms with Gasteiger partial charge in [0.1, 0.15) is 12.1 Å². The zero-order valence-electron chi connectivity index (χ0n) is 8.60. The van der Waals surface area contributed by atoms with E-state index >= 15 is 0 Å². The second-order valence-corrected chi connectivity index (χ2v) is 3.32. The van der Waals surface area contributed by atoms with Gasteiger partial charge in [-0.2, -0.15) is 4.98 Å². The summed E-state index contributed by atoms with van der Waals surface area (Å²) in [6.45, 7) is 0. The molecule has 5 nitrogen and oxygen atoms in total. The fourth-order valence-corrected chi connectivity index (χ4v) is 1.52. The number of pyridine rings is 1. The van der Waals surface area contributed by atoms with Crippen LogP contribution in [0.15, 0.2) is 35.1 Å². The molecule has 3 heterocycles. The summed E-state index contributed by atoms with van der Waals surface area (Å²) in [5.74, 6) is 1.29. The second kappa shape index (κ2) is 3.37. The minimum atomic E-state index is 0.553. The number of nitrogens with zero attached hydrogens (tertiary/aromatic N) is 2. The van der Waals surface area contributed by atoms with Gasteiger partial charge in [0, 0.05) is 6.07 Å². The van der Waals surface area contributed by atoms with Gasteiger partial charge in [0.15, 0.2) is 5.65 Å². The van der Waals surface area contributed by atoms with Crippen LogP contribution in [0.2, 0.25) is 0 Å². The summed E-state index contributed by atoms with van der Waals surface area (Å²) in [5, 5.41) is 0. The molecule has 0 aliphatic rings. The highest BCUT2D eigenvalue weighted by Crippen LogP contribution is 2.21. The van der Waals surface area contributed by atoms with E-state index in [0.717, 1.165) is 16.9 Å². The van der Waals surface area contributed by atoms with Gasteiger partial charge in [0.2, 0.25) is 5.88 Å². The Morgan fingerprint density at radius 2 is 2.19 bits per heavy atom. The van der Waals surface area contributed by atoms with Crippen molar-refractivity contribution < 1.29 is 9.15 Å². The third kappa shape index (κ3) is 1.33. The number of imidazole rings is 1. The van der Waals surface area contributed by atoms with E-state index in [9.17, 15) is 0 Å². The number of aromatic nitrogens is 3. The molecule has 0 atom stereocenters. The van der Waals surface area contributed by atoms with Gasteiger partial charge in [0.25, 0.3) is 0 Å². The van der Waals surface area contributed by atoms with E-state index in [1.807, 2.05) is 12.1 Å². The van der Waals surface area contributed by atoms with E-state index in [2.05, 4.69) is 15.0 Å². The molecule has 0 aliphatic carbocycles. The lowest BCUT2D eigenvalue weighted by Crippen LogP contribution is -1.86. The number of ether oxygens (including phenoxy) is 1. The smallest absolute Gasteiger partial charge is 0.215 e. The molecule has 0 saturated carbocycles. The Morgan fingerprint density at radius 3 is 2.94 bits per heavy atom. The van der Waals surface area contributed by atoms with E-state index in [4.69, 9.17) is 9.15 Å². The topological polar surface area (TPSA) is 63.9 Å². The summed E-state index contributed by atoms with van der Waals surface area (Å²) in [5.41, 5.74) is 2.41. The van der Waals surface area contributed by atoms with Crippen LogP contribution in [0.5, 0.6) is 5.88 Å². The lowest BCUT2D eigenvalue weighted by Gasteiger charge is -1.95. The number of hydrogen-bond acceptors (Lipinski definition) is 4. The van der Waals surface area contributed by atoms with E-state index < -0.39 is 0 Å². The average molecular weight is 215 g/mol. The molecule has 3 aromatic rings. The molecule has 0 bridgehead atoms. The fraction of sp³-hybridized carbons (Fsp3) is 0.0909. The van der Waals surface area contributed by atoms with E-state index in [1.54, 1.807) is 25.7 Å². The standard InChI is InChI=1S/C11H9N3O2/c1-15-9-3-2-8-11(13-9)14-10(12-8)7-4-5-16-6-7/h2-6H,1H3,(H,12,13,14). The zero-order valence-corrected chi connectivity index (χ0v) is 8.60. The van der Waals surface area contributed by atoms with Crippen molar-refractivity contribution in [3.05, 3.63) is 30.7 Å². The van der Waals surface area contributed by atoms with Crippen LogP contribution in [0, 0.1) is 0 Å². The maximum Gasteiger partial charge on any atom is 0.215 e. The van der Waals surface area contributed by atoms with Gasteiger partial charge in [-0.25, -0.2) is 4.98 Å². The summed E-state index contributed by atoms with van der Waals surface area (Å²) >= 11 is 0. The second-order valence-electron chi connectivity index (χ2n) is 3.32. The maximum atomic E-state index is 5.04. The Kier molecular flexibility index (Phi) is 1.89. The normalized spacial score (nSPS) is 10.8. The van der Waals surface area contributed by atoms with Gasteiger partial charge in [-0.1, -0.05) is 0 Å². The Balaban J connectivity index is 2.16. The highest BCUT2D eigenvalue weighted by atomic mass is 16.5. The molecule has 0 aliphatic heterocycles. The highest BCUT2D eigenvalue weighted by Gasteiger charge is 2.07. The van der Waals surface area contributed by atoms with Crippen molar-refractivity contribution in [3.63, 3.8) is 0 Å². The van der Waals surface area contributed by atoms with Crippen molar-refractivity contribution in [1.29, 1.82) is 0 Å². The number of furan rings is 1. The van der Waals surface area contributed by atoms with E-state index in [0.29, 0.717) is 11.5 Å². The summed E-state index contributed by atoms with van der Waals surface area (Å²) < 4.78 is 10.0. The summed E-state index contributed by atoms with van der Waals surface area (Å²) in [6.07, 6.45) is 3.24. The fourth-order valence-electron chi connectivity index (χ4n) is 1.52. The third-order valence-corrected chi connectivity index (χ3v) is 2.32. The van der Waals surface area contributed by atoms with Crippen molar-refractivity contribution >= 4 is 11.2 Å². The predicted octanol–water partition coefficient (Wildman–Crippen LogP) is 2.23. The van der Waals surface area contributed by atoms with Crippen molar-refractivity contribution in [2.24, 2.45) is 0 Å². The molecule has 0 spiro atoms. The van der Waals surface area contributed by atoms with Gasteiger partial charge >= 0.3 is 0 Å². The van der Waals surface area contributed by atoms with Crippen LogP contribution in [0.25, 0.3) is 22.6 Å². The Hall–Kier alpha value is -2.30. The van der Waals surface area contributed by atoms with Crippen molar-refractivity contribution in [2.45, 2.75) is 0 Å². The Morgan fingerprint density at radius 1 is 1.25 bits per heavy atom. The quantitative estimate of drug-likeness (QED) is 0.711. The minimum absolute atomic E-state index is 0.553. The molecule has 1 N–H and O–H groups in total. The van der Waals surface area contributed by atoms with Crippen LogP contribution in [0.1, 0.15) is 0 Å². The summed E-state index contributed by atoms with van der Waals surface area (Å²) in [6, 6.07) is 5.52. The van der Waals surface area contributed by atoms with Gasteiger partial charge in [0.05, 0.1) is 24.5 Å². The number of rotatable bonds is 2. The van der Waals surface area contributed by atoms with Crippen LogP contribution in [0.4, 0.5) is 0 Å². The summed E-state index contributed by atoms with van der Waals surface area (Å²) in [7, 11) is 1.58. The first kappa shape index (κ1) is 8.96. The SMILES string of the molecule is COc1ccc2[nH]c(-c3ccoc3)nc2n1. The molecule has 0 amide bonds. The molecule has 16 heavy (non-hydrogen) atoms. The molecule has 3 aromatic heterocycles. The molecule has 0 radical (unpaired) electrons. The number of H-pyrrole nitrogens is 1. The molecule has 0 unspecified atom stereocenters. The zero-order chi connectivity index (χ0) is 11.0. The first-order chi connectivity index (χ1) is 7.86. The average Bonchev–Trinajstić information content (AvgIpc) is 2.96. The van der Waals surface area contributed by atoms with E-state index in [-0.39, 0.29) is 0 Å². The van der Waals surface area contributed by atoms with Crippen molar-refractivity contribution in [3.8, 4) is 17.3 Å². The first-order valence-electron chi connectivity index (χ1n) is 4.80. The largest absolute Gasteiger partial charge is 0.481 e. The molecule has 0 fully saturated rings. The predicted molar refractivity (Wildman–Crippen MR) is 58.1 cm³/mol. The minimum Gasteiger partial charge on any atom is -0.481 e. The van der Waals surface area contributed by atoms with Crippen LogP contribution >= 0.6 is 0 Å². The van der Waals surface area contributed by atoms with Crippen molar-refractivity contribution in [2.75, 3.05) is 7.11 Å². The summed E-state index contributed by atoms with van der Waals surface area (Å²) in [4.78, 5) is 11.7. The van der Waals surface area contributed by atoms with Crippen LogP contribution in [-0.4, -0.2) is 22.1 Å². The van der Waals surface area contributed by atoms with Gasteiger partial charge in [-0.3, -0.25) is 0 Å². The van der Waals surface area contributed by atoms with Crippen LogP contribution < -0.4 is 4.74 Å². The highest BCUT2D eigenvalue weighted by molar-refractivity contribution is 5.76. The number of nitrogens with one attached hydrogen (secondary N) is 1. The Bertz CT molecular complexity index is 613. The molecule has 0 aromatic carbocycles. The number of methoxy groups -OCH3 is 1. The van der Waals surface area contributed by atoms with Crippen LogP contribution in [-0.2, 0) is 0 Å². The van der Waals surface area contributed by atoms with E-state index in [1.165, 1.54) is 0 Å². The molecule has 80 valence electrons. The van der Waals surface area contributed by atoms with Crippen LogP contribution in [0.3, 0.4) is 0 Å². The molecular formula is C11H9N3O2. The molecule has 5 heteroatoms. The molecule has 0 saturated heterocycles. The first-order valence-corrected chi connectivity index (χ1v) is 4.80.